The molecule has 90 valence electrons. The Bertz CT molecular complexity index is 429. The molecule has 0 aliphatic rings. The average molecular weight is 230 g/mol. The maximum absolute atomic E-state index is 11.7. The topological polar surface area (TPSA) is 56.0 Å². The first kappa shape index (κ1) is 13.2. The summed E-state index contributed by atoms with van der Waals surface area (Å²) in [6, 6.07) is 3.34. The summed E-state index contributed by atoms with van der Waals surface area (Å²) >= 11 is 0. The first-order chi connectivity index (χ1) is 8.25. The molecule has 0 aromatic carbocycles. The van der Waals surface area contributed by atoms with Crippen molar-refractivity contribution in [2.75, 3.05) is 5.73 Å². The molecule has 0 unspecified atom stereocenters. The zero-order valence-corrected chi connectivity index (χ0v) is 10.2. The van der Waals surface area contributed by atoms with Gasteiger partial charge in [0.15, 0.2) is 0 Å². The molecular weight excluding hydrogens is 212 g/mol. The lowest BCUT2D eigenvalue weighted by Gasteiger charge is -1.97. The number of nitrogen functional groups attached to an aromatic ring is 1. The Hall–Kier alpha value is -1.82. The van der Waals surface area contributed by atoms with Crippen molar-refractivity contribution < 1.29 is 4.79 Å². The molecule has 2 N–H and O–H groups in total. The quantitative estimate of drug-likeness (QED) is 0.366. The fourth-order valence-corrected chi connectivity index (χ4v) is 1.46. The fourth-order valence-electron chi connectivity index (χ4n) is 1.46. The Labute approximate surface area is 102 Å². The van der Waals surface area contributed by atoms with Crippen LogP contribution >= 0.6 is 0 Å². The molecule has 17 heavy (non-hydrogen) atoms. The standard InChI is InChI=1S/C14H18N2O/c1-2-3-4-5-6-7-10-13(17)12-9-8-11-16-14(12)15/h8-9,11H,2-6H2,1H3,(H2,15,16). The van der Waals surface area contributed by atoms with Gasteiger partial charge in [-0.2, -0.15) is 0 Å². The first-order valence-corrected chi connectivity index (χ1v) is 5.99. The van der Waals surface area contributed by atoms with Gasteiger partial charge in [0.25, 0.3) is 0 Å². The molecule has 0 fully saturated rings. The number of pyridine rings is 1. The van der Waals surface area contributed by atoms with E-state index in [1.165, 1.54) is 19.3 Å². The summed E-state index contributed by atoms with van der Waals surface area (Å²) in [6.45, 7) is 2.17. The molecule has 0 saturated carbocycles. The Kier molecular flexibility index (Phi) is 5.81. The highest BCUT2D eigenvalue weighted by atomic mass is 16.1. The molecule has 0 atom stereocenters. The molecule has 0 spiro atoms. The van der Waals surface area contributed by atoms with E-state index in [4.69, 9.17) is 5.73 Å². The predicted molar refractivity (Wildman–Crippen MR) is 69.5 cm³/mol. The summed E-state index contributed by atoms with van der Waals surface area (Å²) in [7, 11) is 0. The van der Waals surface area contributed by atoms with E-state index in [1.807, 2.05) is 0 Å². The van der Waals surface area contributed by atoms with Crippen LogP contribution in [0.25, 0.3) is 0 Å². The third-order valence-corrected chi connectivity index (χ3v) is 2.44. The molecule has 1 rings (SSSR count). The van der Waals surface area contributed by atoms with Gasteiger partial charge < -0.3 is 5.73 Å². The summed E-state index contributed by atoms with van der Waals surface area (Å²) < 4.78 is 0. The lowest BCUT2D eigenvalue weighted by Crippen LogP contribution is -2.02. The molecule has 0 radical (unpaired) electrons. The Morgan fingerprint density at radius 1 is 1.41 bits per heavy atom. The number of nitrogens with zero attached hydrogens (tertiary/aromatic N) is 1. The SMILES string of the molecule is CCCCCCC#CC(=O)c1cccnc1N. The lowest BCUT2D eigenvalue weighted by atomic mass is 10.1. The van der Waals surface area contributed by atoms with Gasteiger partial charge in [-0.1, -0.05) is 32.1 Å². The van der Waals surface area contributed by atoms with E-state index in [2.05, 4.69) is 23.7 Å². The number of carbonyl (C=O) groups is 1. The number of unbranched alkanes of at least 4 members (excludes halogenated alkanes) is 4. The smallest absolute Gasteiger partial charge is 0.239 e. The maximum atomic E-state index is 11.7. The van der Waals surface area contributed by atoms with E-state index >= 15 is 0 Å². The molecule has 0 amide bonds. The molecule has 0 aliphatic heterocycles. The first-order valence-electron chi connectivity index (χ1n) is 5.99. The van der Waals surface area contributed by atoms with E-state index < -0.39 is 0 Å². The van der Waals surface area contributed by atoms with Crippen molar-refractivity contribution in [2.24, 2.45) is 0 Å². The molecule has 0 aliphatic carbocycles. The van der Waals surface area contributed by atoms with Crippen molar-refractivity contribution in [3.05, 3.63) is 23.9 Å². The molecule has 0 saturated heterocycles. The van der Waals surface area contributed by atoms with Crippen molar-refractivity contribution in [2.45, 2.75) is 39.0 Å². The van der Waals surface area contributed by atoms with Crippen molar-refractivity contribution >= 4 is 11.6 Å². The van der Waals surface area contributed by atoms with Crippen LogP contribution in [0.3, 0.4) is 0 Å². The van der Waals surface area contributed by atoms with Gasteiger partial charge in [0.1, 0.15) is 5.82 Å². The second-order valence-corrected chi connectivity index (χ2v) is 3.88. The second kappa shape index (κ2) is 7.45. The van der Waals surface area contributed by atoms with E-state index in [1.54, 1.807) is 18.3 Å². The molecule has 0 bridgehead atoms. The Balaban J connectivity index is 2.45. The van der Waals surface area contributed by atoms with Crippen LogP contribution in [0.5, 0.6) is 0 Å². The van der Waals surface area contributed by atoms with Crippen LogP contribution < -0.4 is 5.73 Å². The van der Waals surface area contributed by atoms with Gasteiger partial charge in [-0.05, 0) is 24.5 Å². The number of anilines is 1. The highest BCUT2D eigenvalue weighted by molar-refractivity contribution is 6.11. The number of rotatable bonds is 5. The highest BCUT2D eigenvalue weighted by Gasteiger charge is 2.05. The molecule has 1 heterocycles. The normalized spacial score (nSPS) is 9.47. The lowest BCUT2D eigenvalue weighted by molar-refractivity contribution is 0.105. The highest BCUT2D eigenvalue weighted by Crippen LogP contribution is 2.07. The number of nitrogens with two attached hydrogens (primary N) is 1. The van der Waals surface area contributed by atoms with Gasteiger partial charge >= 0.3 is 0 Å². The average Bonchev–Trinajstić information content (AvgIpc) is 2.34. The third kappa shape index (κ3) is 4.69. The molecule has 1 aromatic heterocycles. The van der Waals surface area contributed by atoms with Crippen molar-refractivity contribution in [1.82, 2.24) is 4.98 Å². The van der Waals surface area contributed by atoms with Gasteiger partial charge in [-0.3, -0.25) is 4.79 Å². The van der Waals surface area contributed by atoms with E-state index in [-0.39, 0.29) is 11.6 Å². The number of Topliss-reactive ketones (excluding diaryl/α,β-unsaturated/α-hetero) is 1. The molecule has 1 aromatic rings. The zero-order chi connectivity index (χ0) is 12.5. The summed E-state index contributed by atoms with van der Waals surface area (Å²) in [5.41, 5.74) is 5.99. The van der Waals surface area contributed by atoms with Crippen LogP contribution in [0.1, 0.15) is 49.4 Å². The monoisotopic (exact) mass is 230 g/mol. The van der Waals surface area contributed by atoms with Crippen LogP contribution in [0.2, 0.25) is 0 Å². The molecule has 3 heteroatoms. The number of hydrogen-bond donors (Lipinski definition) is 1. The number of hydrogen-bond acceptors (Lipinski definition) is 3. The van der Waals surface area contributed by atoms with Crippen molar-refractivity contribution in [3.63, 3.8) is 0 Å². The molecular formula is C14H18N2O. The van der Waals surface area contributed by atoms with E-state index in [0.717, 1.165) is 12.8 Å². The van der Waals surface area contributed by atoms with E-state index in [0.29, 0.717) is 5.56 Å². The number of aromatic nitrogens is 1. The van der Waals surface area contributed by atoms with Gasteiger partial charge in [0.2, 0.25) is 5.78 Å². The Morgan fingerprint density at radius 2 is 2.24 bits per heavy atom. The van der Waals surface area contributed by atoms with Crippen LogP contribution in [0.15, 0.2) is 18.3 Å². The minimum absolute atomic E-state index is 0.244. The number of carbonyl (C=O) groups excluding carboxylic acids is 1. The van der Waals surface area contributed by atoms with Crippen LogP contribution in [-0.4, -0.2) is 10.8 Å². The minimum atomic E-state index is -0.244. The van der Waals surface area contributed by atoms with Crippen molar-refractivity contribution in [1.29, 1.82) is 0 Å². The fraction of sp³-hybridized carbons (Fsp3) is 0.429. The van der Waals surface area contributed by atoms with Gasteiger partial charge in [0.05, 0.1) is 5.56 Å². The number of ketones is 1. The summed E-state index contributed by atoms with van der Waals surface area (Å²) in [4.78, 5) is 15.5. The third-order valence-electron chi connectivity index (χ3n) is 2.44. The van der Waals surface area contributed by atoms with Crippen molar-refractivity contribution in [3.8, 4) is 11.8 Å². The van der Waals surface area contributed by atoms with Gasteiger partial charge in [0, 0.05) is 12.6 Å². The zero-order valence-electron chi connectivity index (χ0n) is 10.2. The summed E-state index contributed by atoms with van der Waals surface area (Å²) in [5.74, 6) is 5.50. The van der Waals surface area contributed by atoms with Crippen LogP contribution in [-0.2, 0) is 0 Å². The predicted octanol–water partition coefficient (Wildman–Crippen LogP) is 2.82. The van der Waals surface area contributed by atoms with Crippen LogP contribution in [0.4, 0.5) is 5.82 Å². The largest absolute Gasteiger partial charge is 0.383 e. The summed E-state index contributed by atoms with van der Waals surface area (Å²) in [6.07, 6.45) is 6.99. The maximum Gasteiger partial charge on any atom is 0.239 e. The van der Waals surface area contributed by atoms with Gasteiger partial charge in [-0.15, -0.1) is 0 Å². The minimum Gasteiger partial charge on any atom is -0.383 e. The Morgan fingerprint density at radius 3 is 2.94 bits per heavy atom. The second-order valence-electron chi connectivity index (χ2n) is 3.88. The van der Waals surface area contributed by atoms with E-state index in [9.17, 15) is 4.79 Å². The van der Waals surface area contributed by atoms with Crippen LogP contribution in [0, 0.1) is 11.8 Å². The van der Waals surface area contributed by atoms with Gasteiger partial charge in [-0.25, -0.2) is 4.98 Å². The summed E-state index contributed by atoms with van der Waals surface area (Å²) in [5, 5.41) is 0. The molecule has 3 nitrogen and oxygen atoms in total.